The van der Waals surface area contributed by atoms with Crippen molar-refractivity contribution >= 4 is 39.9 Å². The topological polar surface area (TPSA) is 80.3 Å². The Morgan fingerprint density at radius 3 is 2.52 bits per heavy atom. The van der Waals surface area contributed by atoms with E-state index < -0.39 is 6.10 Å². The first kappa shape index (κ1) is 22.8. The molecule has 2 atom stereocenters. The maximum absolute atomic E-state index is 12.5. The highest BCUT2D eigenvalue weighted by molar-refractivity contribution is 7.14. The lowest BCUT2D eigenvalue weighted by Crippen LogP contribution is -2.30. The third-order valence-corrected chi connectivity index (χ3v) is 5.69. The van der Waals surface area contributed by atoms with Crippen LogP contribution in [0.4, 0.5) is 5.13 Å². The van der Waals surface area contributed by atoms with Crippen molar-refractivity contribution in [2.45, 2.75) is 39.8 Å². The summed E-state index contributed by atoms with van der Waals surface area (Å²) in [4.78, 5) is 28.2. The molecular weight excluding hydrogens is 434 g/mol. The summed E-state index contributed by atoms with van der Waals surface area (Å²) in [6.45, 7) is 7.02. The smallest absolute Gasteiger partial charge is 0.266 e. The fourth-order valence-corrected chi connectivity index (χ4v) is 3.83. The molecule has 0 fully saturated rings. The van der Waals surface area contributed by atoms with Gasteiger partial charge in [0.2, 0.25) is 5.91 Å². The Balaban J connectivity index is 1.63. The van der Waals surface area contributed by atoms with Gasteiger partial charge in [0.25, 0.3) is 5.91 Å². The van der Waals surface area contributed by atoms with Crippen molar-refractivity contribution in [3.05, 3.63) is 64.0 Å². The van der Waals surface area contributed by atoms with E-state index in [2.05, 4.69) is 15.6 Å². The number of benzene rings is 2. The average molecular weight is 458 g/mol. The second kappa shape index (κ2) is 9.94. The van der Waals surface area contributed by atoms with Gasteiger partial charge in [-0.2, -0.15) is 0 Å². The fraction of sp³-hybridized carbons (Fsp3) is 0.261. The van der Waals surface area contributed by atoms with Gasteiger partial charge in [-0.3, -0.25) is 14.9 Å². The first-order chi connectivity index (χ1) is 14.7. The molecule has 1 heterocycles. The number of aryl methyl sites for hydroxylation is 1. The zero-order valence-corrected chi connectivity index (χ0v) is 19.3. The lowest BCUT2D eigenvalue weighted by molar-refractivity contribution is -0.122. The summed E-state index contributed by atoms with van der Waals surface area (Å²) in [6.07, 6.45) is -0.735. The molecule has 0 radical (unpaired) electrons. The molecule has 0 unspecified atom stereocenters. The van der Waals surface area contributed by atoms with Crippen LogP contribution in [0.1, 0.15) is 37.9 Å². The second-order valence-corrected chi connectivity index (χ2v) is 8.53. The summed E-state index contributed by atoms with van der Waals surface area (Å²) < 4.78 is 5.72. The number of thiazole rings is 1. The minimum atomic E-state index is -0.735. The highest BCUT2D eigenvalue weighted by atomic mass is 35.5. The van der Waals surface area contributed by atoms with Crippen molar-refractivity contribution in [3.63, 3.8) is 0 Å². The van der Waals surface area contributed by atoms with Crippen LogP contribution in [0.3, 0.4) is 0 Å². The van der Waals surface area contributed by atoms with Gasteiger partial charge in [-0.05, 0) is 44.0 Å². The number of ether oxygens (including phenoxy) is 1. The number of nitrogens with one attached hydrogen (secondary N) is 2. The van der Waals surface area contributed by atoms with Crippen LogP contribution in [-0.2, 0) is 9.59 Å². The van der Waals surface area contributed by atoms with Crippen LogP contribution in [0.5, 0.6) is 5.75 Å². The molecule has 3 aromatic rings. The number of hydrogen-bond acceptors (Lipinski definition) is 5. The van der Waals surface area contributed by atoms with Crippen LogP contribution in [0.25, 0.3) is 11.3 Å². The molecule has 0 spiro atoms. The van der Waals surface area contributed by atoms with Gasteiger partial charge in [0.15, 0.2) is 11.2 Å². The van der Waals surface area contributed by atoms with Crippen molar-refractivity contribution < 1.29 is 14.3 Å². The van der Waals surface area contributed by atoms with Crippen molar-refractivity contribution in [3.8, 4) is 17.0 Å². The minimum absolute atomic E-state index is 0.0692. The highest BCUT2D eigenvalue weighted by Crippen LogP contribution is 2.28. The van der Waals surface area contributed by atoms with E-state index in [1.807, 2.05) is 49.6 Å². The van der Waals surface area contributed by atoms with Crippen molar-refractivity contribution in [2.24, 2.45) is 0 Å². The van der Waals surface area contributed by atoms with Gasteiger partial charge < -0.3 is 10.1 Å². The normalized spacial score (nSPS) is 12.7. The van der Waals surface area contributed by atoms with E-state index in [-0.39, 0.29) is 17.9 Å². The third-order valence-electron chi connectivity index (χ3n) is 4.62. The number of amides is 2. The number of anilines is 1. The van der Waals surface area contributed by atoms with E-state index in [1.54, 1.807) is 19.1 Å². The second-order valence-electron chi connectivity index (χ2n) is 7.27. The summed E-state index contributed by atoms with van der Waals surface area (Å²) >= 11 is 7.48. The van der Waals surface area contributed by atoms with Crippen LogP contribution >= 0.6 is 22.9 Å². The SMILES string of the molecule is CC(=O)N[C@H](C)c1ccc(-c2csc(NC(=O)[C@@H](C)Oc3cc(C)ccc3Cl)n2)cc1. The molecule has 1 aromatic heterocycles. The molecule has 0 aliphatic heterocycles. The fourth-order valence-electron chi connectivity index (χ4n) is 2.95. The molecule has 2 aromatic carbocycles. The molecule has 0 aliphatic carbocycles. The maximum Gasteiger partial charge on any atom is 0.266 e. The number of halogens is 1. The maximum atomic E-state index is 12.5. The van der Waals surface area contributed by atoms with Crippen LogP contribution in [0, 0.1) is 6.92 Å². The van der Waals surface area contributed by atoms with Gasteiger partial charge in [-0.1, -0.05) is 41.9 Å². The lowest BCUT2D eigenvalue weighted by Gasteiger charge is -2.15. The molecule has 3 rings (SSSR count). The molecule has 31 heavy (non-hydrogen) atoms. The number of carbonyl (C=O) groups is 2. The van der Waals surface area contributed by atoms with Crippen LogP contribution in [0.15, 0.2) is 47.8 Å². The Kier molecular flexibility index (Phi) is 7.30. The molecule has 8 heteroatoms. The largest absolute Gasteiger partial charge is 0.479 e. The molecule has 0 saturated carbocycles. The summed E-state index contributed by atoms with van der Waals surface area (Å²) in [6, 6.07) is 13.1. The summed E-state index contributed by atoms with van der Waals surface area (Å²) in [5.41, 5.74) is 3.68. The Bertz CT molecular complexity index is 1080. The lowest BCUT2D eigenvalue weighted by atomic mass is 10.1. The van der Waals surface area contributed by atoms with Gasteiger partial charge in [0.1, 0.15) is 5.75 Å². The Morgan fingerprint density at radius 1 is 1.13 bits per heavy atom. The Labute approximate surface area is 190 Å². The van der Waals surface area contributed by atoms with Gasteiger partial charge in [-0.15, -0.1) is 11.3 Å². The van der Waals surface area contributed by atoms with Gasteiger partial charge >= 0.3 is 0 Å². The summed E-state index contributed by atoms with van der Waals surface area (Å²) in [7, 11) is 0. The van der Waals surface area contributed by atoms with Crippen LogP contribution < -0.4 is 15.4 Å². The Hall–Kier alpha value is -2.90. The van der Waals surface area contributed by atoms with Gasteiger partial charge in [0, 0.05) is 17.9 Å². The summed E-state index contributed by atoms with van der Waals surface area (Å²) in [5.74, 6) is 0.0926. The zero-order chi connectivity index (χ0) is 22.5. The first-order valence-electron chi connectivity index (χ1n) is 9.79. The summed E-state index contributed by atoms with van der Waals surface area (Å²) in [5, 5.41) is 8.47. The molecule has 2 N–H and O–H groups in total. The van der Waals surface area contributed by atoms with E-state index >= 15 is 0 Å². The molecule has 0 bridgehead atoms. The van der Waals surface area contributed by atoms with E-state index in [9.17, 15) is 9.59 Å². The first-order valence-corrected chi connectivity index (χ1v) is 11.1. The van der Waals surface area contributed by atoms with Crippen LogP contribution in [-0.4, -0.2) is 22.9 Å². The standard InChI is InChI=1S/C23H24ClN3O3S/c1-13-5-10-19(24)21(11-13)30-15(3)22(29)27-23-26-20(12-31-23)18-8-6-17(7-9-18)14(2)25-16(4)28/h5-12,14-15H,1-4H3,(H,25,28)(H,26,27,29)/t14-,15-/m1/s1. The Morgan fingerprint density at radius 2 is 1.84 bits per heavy atom. The van der Waals surface area contributed by atoms with E-state index in [0.29, 0.717) is 15.9 Å². The number of carbonyl (C=O) groups excluding carboxylic acids is 2. The number of aromatic nitrogens is 1. The monoisotopic (exact) mass is 457 g/mol. The number of nitrogens with zero attached hydrogens (tertiary/aromatic N) is 1. The molecule has 0 aliphatic rings. The predicted molar refractivity (Wildman–Crippen MR) is 125 cm³/mol. The minimum Gasteiger partial charge on any atom is -0.479 e. The number of hydrogen-bond donors (Lipinski definition) is 2. The molecular formula is C23H24ClN3O3S. The van der Waals surface area contributed by atoms with E-state index in [4.69, 9.17) is 16.3 Å². The van der Waals surface area contributed by atoms with Crippen LogP contribution in [0.2, 0.25) is 5.02 Å². The average Bonchev–Trinajstić information content (AvgIpc) is 3.18. The van der Waals surface area contributed by atoms with E-state index in [1.165, 1.54) is 18.3 Å². The number of rotatable bonds is 7. The van der Waals surface area contributed by atoms with Gasteiger partial charge in [-0.25, -0.2) is 4.98 Å². The van der Waals surface area contributed by atoms with Crippen molar-refractivity contribution in [1.82, 2.24) is 10.3 Å². The molecule has 162 valence electrons. The van der Waals surface area contributed by atoms with Crippen molar-refractivity contribution in [1.29, 1.82) is 0 Å². The van der Waals surface area contributed by atoms with Crippen molar-refractivity contribution in [2.75, 3.05) is 5.32 Å². The quantitative estimate of drug-likeness (QED) is 0.499. The van der Waals surface area contributed by atoms with E-state index in [0.717, 1.165) is 22.4 Å². The highest BCUT2D eigenvalue weighted by Gasteiger charge is 2.18. The molecule has 0 saturated heterocycles. The van der Waals surface area contributed by atoms with Gasteiger partial charge in [0.05, 0.1) is 16.8 Å². The predicted octanol–water partition coefficient (Wildman–Crippen LogP) is 5.38. The zero-order valence-electron chi connectivity index (χ0n) is 17.7. The third kappa shape index (κ3) is 6.06. The molecule has 6 nitrogen and oxygen atoms in total. The molecule has 2 amide bonds.